The molecule has 0 amide bonds. The van der Waals surface area contributed by atoms with Crippen LogP contribution < -0.4 is 0 Å². The summed E-state index contributed by atoms with van der Waals surface area (Å²) in [6.07, 6.45) is 21.5. The highest BCUT2D eigenvalue weighted by molar-refractivity contribution is 5.32. The molecule has 0 bridgehead atoms. The lowest BCUT2D eigenvalue weighted by atomic mass is 9.87. The first-order chi connectivity index (χ1) is 12.7. The molecule has 0 aromatic carbocycles. The molecule has 0 radical (unpaired) electrons. The van der Waals surface area contributed by atoms with Gasteiger partial charge in [0.15, 0.2) is 0 Å². The quantitative estimate of drug-likeness (QED) is 0.379. The second-order valence-corrected chi connectivity index (χ2v) is 7.76. The van der Waals surface area contributed by atoms with Gasteiger partial charge in [0.2, 0.25) is 0 Å². The first-order valence-corrected chi connectivity index (χ1v) is 10.5. The largest absolute Gasteiger partial charge is 0.264 e. The standard InChI is InChI=1S/C24H36N2/c1-4-5-6-7-8-9-10-11-12-13-24(22-14-20(2)16-25-18-22)23-15-21(3)17-26-19-23/h14-19,24H,4-13H2,1-3H3. The predicted octanol–water partition coefficient (Wildman–Crippen LogP) is 7.15. The van der Waals surface area contributed by atoms with Gasteiger partial charge in [-0.05, 0) is 42.5 Å². The van der Waals surface area contributed by atoms with E-state index in [1.165, 1.54) is 86.5 Å². The summed E-state index contributed by atoms with van der Waals surface area (Å²) < 4.78 is 0. The molecule has 2 aromatic rings. The van der Waals surface area contributed by atoms with E-state index in [0.29, 0.717) is 5.92 Å². The lowest BCUT2D eigenvalue weighted by molar-refractivity contribution is 0.544. The molecule has 142 valence electrons. The average Bonchev–Trinajstić information content (AvgIpc) is 2.63. The van der Waals surface area contributed by atoms with Crippen molar-refractivity contribution in [3.05, 3.63) is 59.2 Å². The van der Waals surface area contributed by atoms with Gasteiger partial charge in [0.05, 0.1) is 0 Å². The number of unbranched alkanes of at least 4 members (excludes halogenated alkanes) is 8. The summed E-state index contributed by atoms with van der Waals surface area (Å²) in [4.78, 5) is 8.85. The van der Waals surface area contributed by atoms with Gasteiger partial charge < -0.3 is 0 Å². The van der Waals surface area contributed by atoms with Gasteiger partial charge in [0.25, 0.3) is 0 Å². The van der Waals surface area contributed by atoms with E-state index in [1.807, 2.05) is 24.8 Å². The third-order valence-electron chi connectivity index (χ3n) is 5.19. The maximum absolute atomic E-state index is 4.43. The molecule has 0 aliphatic heterocycles. The Morgan fingerprint density at radius 3 is 1.58 bits per heavy atom. The minimum absolute atomic E-state index is 0.416. The zero-order chi connectivity index (χ0) is 18.6. The van der Waals surface area contributed by atoms with Gasteiger partial charge in [0.1, 0.15) is 0 Å². The summed E-state index contributed by atoms with van der Waals surface area (Å²) in [5.74, 6) is 0.416. The fourth-order valence-electron chi connectivity index (χ4n) is 3.72. The monoisotopic (exact) mass is 352 g/mol. The highest BCUT2D eigenvalue weighted by Crippen LogP contribution is 2.30. The van der Waals surface area contributed by atoms with E-state index in [4.69, 9.17) is 0 Å². The van der Waals surface area contributed by atoms with Gasteiger partial charge in [-0.1, -0.05) is 76.8 Å². The van der Waals surface area contributed by atoms with E-state index in [9.17, 15) is 0 Å². The maximum atomic E-state index is 4.43. The fraction of sp³-hybridized carbons (Fsp3) is 0.583. The molecule has 2 nitrogen and oxygen atoms in total. The minimum atomic E-state index is 0.416. The second kappa shape index (κ2) is 11.8. The summed E-state index contributed by atoms with van der Waals surface area (Å²) in [5, 5.41) is 0. The van der Waals surface area contributed by atoms with Crippen LogP contribution in [0.3, 0.4) is 0 Å². The van der Waals surface area contributed by atoms with Crippen LogP contribution in [0.25, 0.3) is 0 Å². The Kier molecular flexibility index (Phi) is 9.38. The Morgan fingerprint density at radius 2 is 1.12 bits per heavy atom. The zero-order valence-corrected chi connectivity index (χ0v) is 17.0. The number of hydrogen-bond donors (Lipinski definition) is 0. The minimum Gasteiger partial charge on any atom is -0.264 e. The van der Waals surface area contributed by atoms with Gasteiger partial charge in [0, 0.05) is 30.7 Å². The van der Waals surface area contributed by atoms with Crippen LogP contribution in [0.1, 0.15) is 99.3 Å². The van der Waals surface area contributed by atoms with Crippen LogP contribution in [0.4, 0.5) is 0 Å². The number of pyridine rings is 2. The van der Waals surface area contributed by atoms with Gasteiger partial charge >= 0.3 is 0 Å². The van der Waals surface area contributed by atoms with E-state index < -0.39 is 0 Å². The number of hydrogen-bond acceptors (Lipinski definition) is 2. The lowest BCUT2D eigenvalue weighted by Gasteiger charge is -2.18. The third-order valence-corrected chi connectivity index (χ3v) is 5.19. The van der Waals surface area contributed by atoms with E-state index in [0.717, 1.165) is 0 Å². The molecule has 0 saturated carbocycles. The molecule has 0 N–H and O–H groups in total. The molecule has 2 aromatic heterocycles. The van der Waals surface area contributed by atoms with Crippen molar-refractivity contribution in [2.24, 2.45) is 0 Å². The molecular formula is C24H36N2. The fourth-order valence-corrected chi connectivity index (χ4v) is 3.72. The van der Waals surface area contributed by atoms with Crippen LogP contribution in [0.2, 0.25) is 0 Å². The number of nitrogens with zero attached hydrogens (tertiary/aromatic N) is 2. The number of rotatable bonds is 12. The first-order valence-electron chi connectivity index (χ1n) is 10.5. The van der Waals surface area contributed by atoms with E-state index in [1.54, 1.807) is 0 Å². The molecule has 2 heterocycles. The lowest BCUT2D eigenvalue weighted by Crippen LogP contribution is -2.04. The maximum Gasteiger partial charge on any atom is 0.0306 e. The molecule has 0 spiro atoms. The topological polar surface area (TPSA) is 25.8 Å². The summed E-state index contributed by atoms with van der Waals surface area (Å²) in [6, 6.07) is 4.57. The summed E-state index contributed by atoms with van der Waals surface area (Å²) >= 11 is 0. The Balaban J connectivity index is 1.86. The van der Waals surface area contributed by atoms with Gasteiger partial charge in [-0.25, -0.2) is 0 Å². The van der Waals surface area contributed by atoms with Crippen LogP contribution in [-0.4, -0.2) is 9.97 Å². The summed E-state index contributed by atoms with van der Waals surface area (Å²) in [5.41, 5.74) is 5.13. The molecule has 0 aliphatic rings. The number of aromatic nitrogens is 2. The predicted molar refractivity (Wildman–Crippen MR) is 112 cm³/mol. The van der Waals surface area contributed by atoms with Crippen molar-refractivity contribution < 1.29 is 0 Å². The van der Waals surface area contributed by atoms with E-state index in [2.05, 4.69) is 42.9 Å². The SMILES string of the molecule is CCCCCCCCCCCC(c1cncc(C)c1)c1cncc(C)c1. The molecule has 0 aliphatic carbocycles. The van der Waals surface area contributed by atoms with Crippen molar-refractivity contribution >= 4 is 0 Å². The molecule has 0 saturated heterocycles. The van der Waals surface area contributed by atoms with Crippen molar-refractivity contribution in [1.29, 1.82) is 0 Å². The normalized spacial score (nSPS) is 11.2. The molecule has 0 fully saturated rings. The van der Waals surface area contributed by atoms with Gasteiger partial charge in [-0.3, -0.25) is 9.97 Å². The van der Waals surface area contributed by atoms with Crippen LogP contribution in [0, 0.1) is 13.8 Å². The summed E-state index contributed by atoms with van der Waals surface area (Å²) in [7, 11) is 0. The van der Waals surface area contributed by atoms with E-state index >= 15 is 0 Å². The van der Waals surface area contributed by atoms with Crippen LogP contribution in [0.5, 0.6) is 0 Å². The molecular weight excluding hydrogens is 316 g/mol. The Labute approximate surface area is 160 Å². The van der Waals surface area contributed by atoms with Crippen molar-refractivity contribution in [2.45, 2.75) is 90.9 Å². The van der Waals surface area contributed by atoms with Crippen molar-refractivity contribution in [1.82, 2.24) is 9.97 Å². The van der Waals surface area contributed by atoms with Crippen molar-refractivity contribution in [3.63, 3.8) is 0 Å². The third kappa shape index (κ3) is 7.27. The van der Waals surface area contributed by atoms with Gasteiger partial charge in [-0.2, -0.15) is 0 Å². The Morgan fingerprint density at radius 1 is 0.654 bits per heavy atom. The highest BCUT2D eigenvalue weighted by atomic mass is 14.6. The van der Waals surface area contributed by atoms with Gasteiger partial charge in [-0.15, -0.1) is 0 Å². The smallest absolute Gasteiger partial charge is 0.0306 e. The second-order valence-electron chi connectivity index (χ2n) is 7.76. The number of aryl methyl sites for hydroxylation is 2. The zero-order valence-electron chi connectivity index (χ0n) is 17.0. The Bertz CT molecular complexity index is 590. The highest BCUT2D eigenvalue weighted by Gasteiger charge is 2.15. The first kappa shape index (κ1) is 20.6. The Hall–Kier alpha value is -1.70. The molecule has 0 atom stereocenters. The van der Waals surface area contributed by atoms with Crippen molar-refractivity contribution in [3.8, 4) is 0 Å². The van der Waals surface area contributed by atoms with Crippen LogP contribution in [0.15, 0.2) is 36.9 Å². The molecule has 0 unspecified atom stereocenters. The van der Waals surface area contributed by atoms with Crippen LogP contribution >= 0.6 is 0 Å². The summed E-state index contributed by atoms with van der Waals surface area (Å²) in [6.45, 7) is 6.53. The van der Waals surface area contributed by atoms with Crippen LogP contribution in [-0.2, 0) is 0 Å². The van der Waals surface area contributed by atoms with E-state index in [-0.39, 0.29) is 0 Å². The average molecular weight is 353 g/mol. The molecule has 2 rings (SSSR count). The van der Waals surface area contributed by atoms with Crippen molar-refractivity contribution in [2.75, 3.05) is 0 Å². The molecule has 26 heavy (non-hydrogen) atoms. The molecule has 2 heteroatoms.